The van der Waals surface area contributed by atoms with Crippen LogP contribution < -0.4 is 32.7 Å². The van der Waals surface area contributed by atoms with Crippen LogP contribution in [0.15, 0.2) is 48.5 Å². The number of urea groups is 2. The van der Waals surface area contributed by atoms with Gasteiger partial charge in [-0.1, -0.05) is 12.8 Å². The zero-order valence-electron chi connectivity index (χ0n) is 17.6. The number of primary amides is 2. The van der Waals surface area contributed by atoms with Crippen molar-refractivity contribution >= 4 is 35.3 Å². The summed E-state index contributed by atoms with van der Waals surface area (Å²) in [7, 11) is 0. The fourth-order valence-electron chi connectivity index (χ4n) is 2.79. The monoisotopic (exact) mass is 440 g/mol. The highest BCUT2D eigenvalue weighted by Crippen LogP contribution is 2.10. The number of rotatable bonds is 11. The van der Waals surface area contributed by atoms with Gasteiger partial charge in [0.05, 0.1) is 0 Å². The average Bonchev–Trinajstić information content (AvgIpc) is 2.76. The molecule has 0 radical (unpaired) electrons. The van der Waals surface area contributed by atoms with Crippen LogP contribution in [0.5, 0.6) is 0 Å². The third-order valence-electron chi connectivity index (χ3n) is 4.53. The lowest BCUT2D eigenvalue weighted by Gasteiger charge is -2.09. The molecule has 0 spiro atoms. The van der Waals surface area contributed by atoms with Crippen LogP contribution in [-0.2, 0) is 0 Å². The summed E-state index contributed by atoms with van der Waals surface area (Å²) in [5.74, 6) is -1.04. The predicted octanol–water partition coefficient (Wildman–Crippen LogP) is 2.39. The van der Waals surface area contributed by atoms with Gasteiger partial charge in [0.25, 0.3) is 0 Å². The number of benzene rings is 2. The molecule has 0 bridgehead atoms. The zero-order valence-corrected chi connectivity index (χ0v) is 17.6. The number of amides is 6. The molecular formula is C22H28N6O4. The third-order valence-corrected chi connectivity index (χ3v) is 4.53. The van der Waals surface area contributed by atoms with E-state index in [2.05, 4.69) is 21.3 Å². The Labute approximate surface area is 186 Å². The molecule has 2 rings (SSSR count). The molecule has 6 amide bonds. The summed E-state index contributed by atoms with van der Waals surface area (Å²) in [5.41, 5.74) is 12.2. The molecular weight excluding hydrogens is 412 g/mol. The smallest absolute Gasteiger partial charge is 0.319 e. The van der Waals surface area contributed by atoms with E-state index in [1.165, 1.54) is 0 Å². The highest BCUT2D eigenvalue weighted by molar-refractivity contribution is 5.95. The molecule has 10 heteroatoms. The topological polar surface area (TPSA) is 168 Å². The minimum absolute atomic E-state index is 0.320. The third kappa shape index (κ3) is 8.74. The van der Waals surface area contributed by atoms with Crippen molar-refractivity contribution in [2.45, 2.75) is 25.7 Å². The van der Waals surface area contributed by atoms with Gasteiger partial charge in [-0.2, -0.15) is 0 Å². The molecule has 0 unspecified atom stereocenters. The predicted molar refractivity (Wildman–Crippen MR) is 122 cm³/mol. The Bertz CT molecular complexity index is 851. The van der Waals surface area contributed by atoms with Crippen LogP contribution in [-0.4, -0.2) is 37.0 Å². The Kier molecular flexibility index (Phi) is 9.51. The number of nitrogens with one attached hydrogen (secondary N) is 4. The van der Waals surface area contributed by atoms with Crippen molar-refractivity contribution in [3.8, 4) is 0 Å². The van der Waals surface area contributed by atoms with Crippen molar-refractivity contribution in [2.24, 2.45) is 11.5 Å². The van der Waals surface area contributed by atoms with Crippen molar-refractivity contribution in [3.63, 3.8) is 0 Å². The van der Waals surface area contributed by atoms with Crippen LogP contribution in [0.3, 0.4) is 0 Å². The van der Waals surface area contributed by atoms with Gasteiger partial charge in [-0.3, -0.25) is 9.59 Å². The molecule has 10 nitrogen and oxygen atoms in total. The molecule has 0 aliphatic carbocycles. The van der Waals surface area contributed by atoms with E-state index in [0.29, 0.717) is 35.6 Å². The maximum absolute atomic E-state index is 11.9. The zero-order chi connectivity index (χ0) is 23.3. The van der Waals surface area contributed by atoms with E-state index in [9.17, 15) is 19.2 Å². The maximum Gasteiger partial charge on any atom is 0.319 e. The van der Waals surface area contributed by atoms with Gasteiger partial charge < -0.3 is 32.7 Å². The summed E-state index contributed by atoms with van der Waals surface area (Å²) in [6, 6.07) is 12.0. The molecule has 2 aromatic carbocycles. The van der Waals surface area contributed by atoms with Gasteiger partial charge >= 0.3 is 12.1 Å². The minimum Gasteiger partial charge on any atom is -0.366 e. The van der Waals surface area contributed by atoms with Crippen LogP contribution in [0.25, 0.3) is 0 Å². The lowest BCUT2D eigenvalue weighted by molar-refractivity contribution is 0.0992. The molecule has 170 valence electrons. The highest BCUT2D eigenvalue weighted by Gasteiger charge is 2.05. The van der Waals surface area contributed by atoms with Gasteiger partial charge in [0.15, 0.2) is 0 Å². The standard InChI is InChI=1S/C22H28N6O4/c23-19(29)15-5-9-17(10-6-15)27-21(31)25-13-3-1-2-4-14-26-22(32)28-18-11-7-16(8-12-18)20(24)30/h5-12H,1-4,13-14H2,(H2,23,29)(H2,24,30)(H2,25,27,31)(H2,26,28,32). The van der Waals surface area contributed by atoms with Crippen molar-refractivity contribution in [1.82, 2.24) is 10.6 Å². The van der Waals surface area contributed by atoms with Crippen molar-refractivity contribution < 1.29 is 19.2 Å². The second kappa shape index (κ2) is 12.6. The molecule has 0 saturated carbocycles. The van der Waals surface area contributed by atoms with E-state index in [1.54, 1.807) is 48.5 Å². The number of hydrogen-bond acceptors (Lipinski definition) is 4. The van der Waals surface area contributed by atoms with E-state index >= 15 is 0 Å². The van der Waals surface area contributed by atoms with Crippen LogP contribution in [0, 0.1) is 0 Å². The summed E-state index contributed by atoms with van der Waals surface area (Å²) >= 11 is 0. The van der Waals surface area contributed by atoms with Gasteiger partial charge in [-0.05, 0) is 61.4 Å². The van der Waals surface area contributed by atoms with Crippen molar-refractivity contribution in [3.05, 3.63) is 59.7 Å². The first-order valence-electron chi connectivity index (χ1n) is 10.2. The molecule has 0 heterocycles. The fourth-order valence-corrected chi connectivity index (χ4v) is 2.79. The second-order valence-corrected chi connectivity index (χ2v) is 7.06. The Balaban J connectivity index is 1.50. The number of unbranched alkanes of at least 4 members (excludes halogenated alkanes) is 3. The molecule has 2 aromatic rings. The first kappa shape index (κ1) is 24.2. The first-order valence-corrected chi connectivity index (χ1v) is 10.2. The number of anilines is 2. The molecule has 0 aliphatic rings. The van der Waals surface area contributed by atoms with Crippen molar-refractivity contribution in [2.75, 3.05) is 23.7 Å². The summed E-state index contributed by atoms with van der Waals surface area (Å²) in [5, 5.41) is 10.9. The van der Waals surface area contributed by atoms with Gasteiger partial charge in [0.1, 0.15) is 0 Å². The highest BCUT2D eigenvalue weighted by atomic mass is 16.2. The van der Waals surface area contributed by atoms with E-state index in [1.807, 2.05) is 0 Å². The van der Waals surface area contributed by atoms with Gasteiger partial charge in [0.2, 0.25) is 11.8 Å². The molecule has 0 fully saturated rings. The van der Waals surface area contributed by atoms with Crippen LogP contribution in [0.1, 0.15) is 46.4 Å². The Morgan fingerprint density at radius 3 is 1.22 bits per heavy atom. The molecule has 0 saturated heterocycles. The van der Waals surface area contributed by atoms with E-state index < -0.39 is 11.8 Å². The maximum atomic E-state index is 11.9. The SMILES string of the molecule is NC(=O)c1ccc(NC(=O)NCCCCCCNC(=O)Nc2ccc(C(N)=O)cc2)cc1. The summed E-state index contributed by atoms with van der Waals surface area (Å²) in [6.45, 7) is 1.06. The lowest BCUT2D eigenvalue weighted by Crippen LogP contribution is -2.30. The summed E-state index contributed by atoms with van der Waals surface area (Å²) in [6.07, 6.45) is 3.44. The molecule has 0 atom stereocenters. The van der Waals surface area contributed by atoms with Gasteiger partial charge in [-0.15, -0.1) is 0 Å². The largest absolute Gasteiger partial charge is 0.366 e. The van der Waals surface area contributed by atoms with E-state index in [4.69, 9.17) is 11.5 Å². The summed E-state index contributed by atoms with van der Waals surface area (Å²) < 4.78 is 0. The van der Waals surface area contributed by atoms with E-state index in [0.717, 1.165) is 25.7 Å². The quantitative estimate of drug-likeness (QED) is 0.295. The first-order chi connectivity index (χ1) is 15.3. The van der Waals surface area contributed by atoms with Crippen molar-refractivity contribution in [1.29, 1.82) is 0 Å². The Hall–Kier alpha value is -4.08. The van der Waals surface area contributed by atoms with E-state index in [-0.39, 0.29) is 12.1 Å². The molecule has 0 aliphatic heterocycles. The Morgan fingerprint density at radius 1 is 0.562 bits per heavy atom. The second-order valence-electron chi connectivity index (χ2n) is 7.06. The number of hydrogen-bond donors (Lipinski definition) is 6. The van der Waals surface area contributed by atoms with Crippen LogP contribution in [0.2, 0.25) is 0 Å². The van der Waals surface area contributed by atoms with Gasteiger partial charge in [0, 0.05) is 35.6 Å². The molecule has 8 N–H and O–H groups in total. The molecule has 32 heavy (non-hydrogen) atoms. The fraction of sp³-hybridized carbons (Fsp3) is 0.273. The number of carbonyl (C=O) groups is 4. The number of nitrogens with two attached hydrogens (primary N) is 2. The van der Waals surface area contributed by atoms with Crippen LogP contribution in [0.4, 0.5) is 21.0 Å². The summed E-state index contributed by atoms with van der Waals surface area (Å²) in [4.78, 5) is 45.8. The van der Waals surface area contributed by atoms with Gasteiger partial charge in [-0.25, -0.2) is 9.59 Å². The Morgan fingerprint density at radius 2 is 0.906 bits per heavy atom. The normalized spacial score (nSPS) is 10.1. The average molecular weight is 441 g/mol. The lowest BCUT2D eigenvalue weighted by atomic mass is 10.2. The molecule has 0 aromatic heterocycles. The van der Waals surface area contributed by atoms with Crippen LogP contribution >= 0.6 is 0 Å². The minimum atomic E-state index is -0.520. The number of carbonyl (C=O) groups excluding carboxylic acids is 4.